The summed E-state index contributed by atoms with van der Waals surface area (Å²) in [4.78, 5) is 16.8. The Labute approximate surface area is 210 Å². The minimum atomic E-state index is 0.445. The van der Waals surface area contributed by atoms with Crippen LogP contribution < -0.4 is 5.73 Å². The molecule has 0 radical (unpaired) electrons. The summed E-state index contributed by atoms with van der Waals surface area (Å²) >= 11 is 0. The fourth-order valence-corrected chi connectivity index (χ4v) is 5.43. The highest BCUT2D eigenvalue weighted by Gasteiger charge is 2.28. The number of nitrogens with two attached hydrogens (primary N) is 1. The molecule has 1 aromatic carbocycles. The van der Waals surface area contributed by atoms with Crippen molar-refractivity contribution in [2.75, 3.05) is 18.8 Å². The van der Waals surface area contributed by atoms with E-state index < -0.39 is 0 Å². The molecule has 2 N–H and O–H groups in total. The summed E-state index contributed by atoms with van der Waals surface area (Å²) in [5.41, 5.74) is 12.5. The normalized spacial score (nSPS) is 15.1. The van der Waals surface area contributed by atoms with Crippen LogP contribution in [0.5, 0.6) is 0 Å². The van der Waals surface area contributed by atoms with Crippen molar-refractivity contribution in [3.05, 3.63) is 78.2 Å². The number of imidazole rings is 1. The monoisotopic (exact) mass is 478 g/mol. The molecule has 0 saturated heterocycles. The van der Waals surface area contributed by atoms with E-state index >= 15 is 0 Å². The molecule has 0 amide bonds. The van der Waals surface area contributed by atoms with E-state index in [1.54, 1.807) is 17.1 Å². The smallest absolute Gasteiger partial charge is 0.167 e. The van der Waals surface area contributed by atoms with E-state index in [-0.39, 0.29) is 0 Å². The van der Waals surface area contributed by atoms with E-state index in [1.165, 1.54) is 17.5 Å². The van der Waals surface area contributed by atoms with Crippen LogP contribution >= 0.6 is 0 Å². The molecule has 1 unspecified atom stereocenters. The second-order valence-corrected chi connectivity index (χ2v) is 9.24. The summed E-state index contributed by atoms with van der Waals surface area (Å²) < 4.78 is 3.86. The molecule has 4 heterocycles. The molecular weight excluding hydrogens is 448 g/mol. The maximum absolute atomic E-state index is 6.31. The van der Waals surface area contributed by atoms with Crippen LogP contribution in [0.4, 0.5) is 5.82 Å². The van der Waals surface area contributed by atoms with Crippen molar-refractivity contribution < 1.29 is 0 Å². The van der Waals surface area contributed by atoms with Gasteiger partial charge in [0.25, 0.3) is 0 Å². The lowest BCUT2D eigenvalue weighted by Crippen LogP contribution is -2.28. The number of anilines is 1. The van der Waals surface area contributed by atoms with Crippen molar-refractivity contribution in [1.29, 1.82) is 0 Å². The van der Waals surface area contributed by atoms with Gasteiger partial charge in [-0.25, -0.2) is 19.6 Å². The van der Waals surface area contributed by atoms with E-state index in [2.05, 4.69) is 51.6 Å². The van der Waals surface area contributed by atoms with Crippen molar-refractivity contribution in [3.8, 4) is 22.9 Å². The zero-order valence-electron chi connectivity index (χ0n) is 20.7. The number of rotatable bonds is 7. The lowest BCUT2D eigenvalue weighted by Gasteiger charge is -2.28. The number of aromatic nitrogens is 6. The van der Waals surface area contributed by atoms with Crippen LogP contribution in [0.25, 0.3) is 34.1 Å². The number of hydrogen-bond donors (Lipinski definition) is 1. The topological polar surface area (TPSA) is 90.7 Å². The molecule has 5 aromatic rings. The number of nitrogens with zero attached hydrogens (tertiary/aromatic N) is 7. The Balaban J connectivity index is 1.53. The zero-order chi connectivity index (χ0) is 24.6. The highest BCUT2D eigenvalue weighted by Crippen LogP contribution is 2.38. The van der Waals surface area contributed by atoms with Crippen LogP contribution in [0.3, 0.4) is 0 Å². The quantitative estimate of drug-likeness (QED) is 0.355. The molecule has 0 saturated carbocycles. The SMILES string of the molecule is CCCN(CC)C1CCc2cc(-n3c(-c4cccnc4N)nc4ccc(-n5cccn5)nc43)ccc21. The molecule has 0 fully saturated rings. The predicted octanol–water partition coefficient (Wildman–Crippen LogP) is 4.97. The lowest BCUT2D eigenvalue weighted by molar-refractivity contribution is 0.207. The predicted molar refractivity (Wildman–Crippen MR) is 142 cm³/mol. The van der Waals surface area contributed by atoms with Gasteiger partial charge in [0.1, 0.15) is 11.3 Å². The van der Waals surface area contributed by atoms with Crippen LogP contribution in [-0.2, 0) is 6.42 Å². The summed E-state index contributed by atoms with van der Waals surface area (Å²) in [7, 11) is 0. The van der Waals surface area contributed by atoms with Gasteiger partial charge in [0.05, 0.1) is 5.56 Å². The molecule has 8 nitrogen and oxygen atoms in total. The number of fused-ring (bicyclic) bond motifs is 2. The minimum absolute atomic E-state index is 0.445. The van der Waals surface area contributed by atoms with Crippen molar-refractivity contribution in [3.63, 3.8) is 0 Å². The average Bonchev–Trinajstić information content (AvgIpc) is 3.65. The third kappa shape index (κ3) is 3.74. The molecule has 0 spiro atoms. The molecule has 4 aromatic heterocycles. The van der Waals surface area contributed by atoms with Crippen molar-refractivity contribution in [2.45, 2.75) is 39.2 Å². The van der Waals surface area contributed by atoms with Crippen LogP contribution in [0, 0.1) is 0 Å². The van der Waals surface area contributed by atoms with Gasteiger partial charge in [-0.3, -0.25) is 9.47 Å². The molecule has 36 heavy (non-hydrogen) atoms. The lowest BCUT2D eigenvalue weighted by atomic mass is 10.1. The van der Waals surface area contributed by atoms with Crippen molar-refractivity contribution in [1.82, 2.24) is 34.2 Å². The standard InChI is InChI=1S/C28H30N8/c1-3-16-34(4-2)24-12-8-19-18-20(9-10-21(19)24)36-27(22-7-5-14-30-26(22)29)32-23-11-13-25(33-28(23)36)35-17-6-15-31-35/h5-7,9-11,13-15,17-18,24H,3-4,8,12,16H2,1-2H3,(H2,29,30). The molecule has 1 aliphatic carbocycles. The highest BCUT2D eigenvalue weighted by molar-refractivity contribution is 5.83. The van der Waals surface area contributed by atoms with E-state index in [1.807, 2.05) is 36.5 Å². The third-order valence-electron chi connectivity index (χ3n) is 7.10. The maximum atomic E-state index is 6.31. The first-order valence-corrected chi connectivity index (χ1v) is 12.7. The Bertz CT molecular complexity index is 1520. The first-order chi connectivity index (χ1) is 17.7. The zero-order valence-corrected chi connectivity index (χ0v) is 20.7. The Kier molecular flexibility index (Phi) is 5.73. The number of hydrogen-bond acceptors (Lipinski definition) is 6. The molecule has 1 aliphatic rings. The molecule has 8 heteroatoms. The number of benzene rings is 1. The Morgan fingerprint density at radius 2 is 1.97 bits per heavy atom. The Morgan fingerprint density at radius 3 is 2.75 bits per heavy atom. The summed E-state index contributed by atoms with van der Waals surface area (Å²) in [5, 5.41) is 4.36. The molecule has 0 bridgehead atoms. The minimum Gasteiger partial charge on any atom is -0.383 e. The van der Waals surface area contributed by atoms with Gasteiger partial charge in [0.15, 0.2) is 17.3 Å². The van der Waals surface area contributed by atoms with Crippen LogP contribution in [0.15, 0.2) is 67.1 Å². The largest absolute Gasteiger partial charge is 0.383 e. The van der Waals surface area contributed by atoms with Gasteiger partial charge in [0, 0.05) is 30.3 Å². The number of nitrogen functional groups attached to an aromatic ring is 1. The first kappa shape index (κ1) is 22.4. The summed E-state index contributed by atoms with van der Waals surface area (Å²) in [6.45, 7) is 6.70. The van der Waals surface area contributed by atoms with E-state index in [0.29, 0.717) is 11.9 Å². The second-order valence-electron chi connectivity index (χ2n) is 9.24. The first-order valence-electron chi connectivity index (χ1n) is 12.7. The third-order valence-corrected chi connectivity index (χ3v) is 7.10. The molecule has 0 aliphatic heterocycles. The van der Waals surface area contributed by atoms with Gasteiger partial charge >= 0.3 is 0 Å². The van der Waals surface area contributed by atoms with Crippen LogP contribution in [-0.4, -0.2) is 47.3 Å². The van der Waals surface area contributed by atoms with Gasteiger partial charge < -0.3 is 5.73 Å². The summed E-state index contributed by atoms with van der Waals surface area (Å²) in [6, 6.07) is 16.9. The van der Waals surface area contributed by atoms with Gasteiger partial charge in [-0.1, -0.05) is 19.9 Å². The highest BCUT2D eigenvalue weighted by atomic mass is 15.3. The van der Waals surface area contributed by atoms with Gasteiger partial charge in [0.2, 0.25) is 0 Å². The fourth-order valence-electron chi connectivity index (χ4n) is 5.43. The van der Waals surface area contributed by atoms with E-state index in [4.69, 9.17) is 15.7 Å². The van der Waals surface area contributed by atoms with Crippen molar-refractivity contribution in [2.24, 2.45) is 0 Å². The molecular formula is C28H30N8. The number of pyridine rings is 2. The van der Waals surface area contributed by atoms with Crippen molar-refractivity contribution >= 4 is 17.0 Å². The maximum Gasteiger partial charge on any atom is 0.167 e. The van der Waals surface area contributed by atoms with Crippen LogP contribution in [0.1, 0.15) is 43.9 Å². The number of aryl methyl sites for hydroxylation is 1. The van der Waals surface area contributed by atoms with Gasteiger partial charge in [-0.2, -0.15) is 5.10 Å². The van der Waals surface area contributed by atoms with E-state index in [9.17, 15) is 0 Å². The molecule has 6 rings (SSSR count). The molecule has 182 valence electrons. The molecule has 1 atom stereocenters. The fraction of sp³-hybridized carbons (Fsp3) is 0.286. The summed E-state index contributed by atoms with van der Waals surface area (Å²) in [5.74, 6) is 1.91. The van der Waals surface area contributed by atoms with E-state index in [0.717, 1.165) is 60.0 Å². The Hall–Kier alpha value is -4.04. The summed E-state index contributed by atoms with van der Waals surface area (Å²) in [6.07, 6.45) is 8.72. The van der Waals surface area contributed by atoms with Gasteiger partial charge in [-0.05, 0) is 85.9 Å². The Morgan fingerprint density at radius 1 is 1.06 bits per heavy atom. The van der Waals surface area contributed by atoms with Gasteiger partial charge in [-0.15, -0.1) is 0 Å². The van der Waals surface area contributed by atoms with Crippen LogP contribution in [0.2, 0.25) is 0 Å². The second kappa shape index (κ2) is 9.20. The average molecular weight is 479 g/mol.